The highest BCUT2D eigenvalue weighted by Gasteiger charge is 2.31. The zero-order valence-electron chi connectivity index (χ0n) is 25.1. The Morgan fingerprint density at radius 3 is 2.26 bits per heavy atom. The summed E-state index contributed by atoms with van der Waals surface area (Å²) < 4.78 is 41.6. The second kappa shape index (κ2) is 15.0. The molecule has 0 fully saturated rings. The fraction of sp³-hybridized carbons (Fsp3) is 0.394. The number of nitrogens with zero attached hydrogens (tertiary/aromatic N) is 2. The molecule has 3 rings (SSSR count). The van der Waals surface area contributed by atoms with Crippen LogP contribution in [0.5, 0.6) is 0 Å². The van der Waals surface area contributed by atoms with Crippen molar-refractivity contribution in [1.82, 2.24) is 10.2 Å². The number of benzene rings is 3. The van der Waals surface area contributed by atoms with E-state index >= 15 is 0 Å². The average molecular weight is 596 g/mol. The minimum Gasteiger partial charge on any atom is -0.352 e. The van der Waals surface area contributed by atoms with E-state index in [2.05, 4.69) is 5.32 Å². The van der Waals surface area contributed by atoms with Crippen LogP contribution in [0.3, 0.4) is 0 Å². The largest absolute Gasteiger partial charge is 0.352 e. The first-order valence-corrected chi connectivity index (χ1v) is 16.2. The number of hydrogen-bond acceptors (Lipinski definition) is 4. The van der Waals surface area contributed by atoms with Crippen LogP contribution in [0.1, 0.15) is 55.4 Å². The van der Waals surface area contributed by atoms with Crippen LogP contribution >= 0.6 is 0 Å². The lowest BCUT2D eigenvalue weighted by molar-refractivity contribution is -0.141. The number of anilines is 1. The van der Waals surface area contributed by atoms with Gasteiger partial charge in [-0.2, -0.15) is 0 Å². The molecular weight excluding hydrogens is 553 g/mol. The highest BCUT2D eigenvalue weighted by Crippen LogP contribution is 2.26. The highest BCUT2D eigenvalue weighted by molar-refractivity contribution is 7.92. The Labute approximate surface area is 249 Å². The molecule has 2 atom stereocenters. The van der Waals surface area contributed by atoms with E-state index in [9.17, 15) is 22.4 Å². The van der Waals surface area contributed by atoms with Gasteiger partial charge in [-0.15, -0.1) is 0 Å². The zero-order valence-corrected chi connectivity index (χ0v) is 26.0. The summed E-state index contributed by atoms with van der Waals surface area (Å²) in [5, 5.41) is 3.00. The topological polar surface area (TPSA) is 86.8 Å². The molecule has 0 spiro atoms. The Morgan fingerprint density at radius 1 is 0.952 bits per heavy atom. The Bertz CT molecular complexity index is 1460. The zero-order chi connectivity index (χ0) is 30.9. The van der Waals surface area contributed by atoms with Crippen LogP contribution in [-0.4, -0.2) is 50.0 Å². The number of sulfonamides is 1. The smallest absolute Gasteiger partial charge is 0.243 e. The molecule has 7 nitrogen and oxygen atoms in total. The van der Waals surface area contributed by atoms with Gasteiger partial charge in [-0.05, 0) is 62.4 Å². The number of amides is 2. The fourth-order valence-electron chi connectivity index (χ4n) is 4.79. The van der Waals surface area contributed by atoms with Crippen LogP contribution in [0, 0.1) is 19.7 Å². The molecule has 0 bridgehead atoms. The first-order chi connectivity index (χ1) is 19.9. The lowest BCUT2D eigenvalue weighted by Gasteiger charge is -2.33. The molecule has 2 unspecified atom stereocenters. The van der Waals surface area contributed by atoms with Gasteiger partial charge >= 0.3 is 0 Å². The van der Waals surface area contributed by atoms with Gasteiger partial charge in [0.2, 0.25) is 21.8 Å². The second-order valence-electron chi connectivity index (χ2n) is 10.8. The molecule has 0 aliphatic carbocycles. The Hall–Kier alpha value is -3.72. The normalized spacial score (nSPS) is 12.8. The van der Waals surface area contributed by atoms with Crippen molar-refractivity contribution in [1.29, 1.82) is 0 Å². The summed E-state index contributed by atoms with van der Waals surface area (Å²) >= 11 is 0. The maximum Gasteiger partial charge on any atom is 0.243 e. The van der Waals surface area contributed by atoms with Gasteiger partial charge in [-0.3, -0.25) is 13.9 Å². The van der Waals surface area contributed by atoms with Crippen LogP contribution in [0.15, 0.2) is 72.8 Å². The third-order valence-electron chi connectivity index (χ3n) is 7.57. The van der Waals surface area contributed by atoms with Gasteiger partial charge in [0.15, 0.2) is 0 Å². The molecule has 226 valence electrons. The lowest BCUT2D eigenvalue weighted by Crippen LogP contribution is -2.52. The molecule has 0 saturated heterocycles. The number of hydrogen-bond donors (Lipinski definition) is 1. The van der Waals surface area contributed by atoms with E-state index in [0.717, 1.165) is 22.9 Å². The second-order valence-corrected chi connectivity index (χ2v) is 12.7. The van der Waals surface area contributed by atoms with E-state index in [4.69, 9.17) is 0 Å². The monoisotopic (exact) mass is 595 g/mol. The summed E-state index contributed by atoms with van der Waals surface area (Å²) in [5.74, 6) is -1.13. The van der Waals surface area contributed by atoms with Gasteiger partial charge < -0.3 is 10.2 Å². The molecule has 0 aliphatic heterocycles. The van der Waals surface area contributed by atoms with Gasteiger partial charge in [0.05, 0.1) is 11.9 Å². The summed E-state index contributed by atoms with van der Waals surface area (Å²) in [5.41, 5.74) is 3.55. The summed E-state index contributed by atoms with van der Waals surface area (Å²) in [4.78, 5) is 29.0. The molecule has 42 heavy (non-hydrogen) atoms. The number of carbonyl (C=O) groups is 2. The predicted molar refractivity (Wildman–Crippen MR) is 166 cm³/mol. The van der Waals surface area contributed by atoms with Crippen LogP contribution in [0.2, 0.25) is 0 Å². The van der Waals surface area contributed by atoms with Crippen molar-refractivity contribution >= 4 is 27.5 Å². The number of aryl methyl sites for hydroxylation is 1. The third-order valence-corrected chi connectivity index (χ3v) is 8.75. The number of halogens is 1. The van der Waals surface area contributed by atoms with Crippen molar-refractivity contribution in [3.8, 4) is 0 Å². The van der Waals surface area contributed by atoms with Crippen molar-refractivity contribution in [3.05, 3.63) is 101 Å². The molecule has 0 heterocycles. The quantitative estimate of drug-likeness (QED) is 0.265. The molecule has 2 amide bonds. The van der Waals surface area contributed by atoms with Crippen LogP contribution in [0.25, 0.3) is 0 Å². The third kappa shape index (κ3) is 8.89. The SMILES string of the molecule is CCC(C)NC(=O)C(Cc1ccccc1)N(Cc1ccccc1F)C(=O)CCCN(c1cccc(C)c1C)S(C)(=O)=O. The Kier molecular flexibility index (Phi) is 11.7. The van der Waals surface area contributed by atoms with Crippen molar-refractivity contribution in [2.45, 2.75) is 72.0 Å². The molecule has 0 saturated carbocycles. The standard InChI is InChI=1S/C33H42FN3O4S/c1-6-25(3)35-33(39)31(22-27-15-8-7-9-16-27)36(23-28-17-10-11-18-29(28)34)32(38)20-13-21-37(42(5,40)41)30-19-12-14-24(2)26(30)4/h7-12,14-19,25,31H,6,13,20-23H2,1-5H3,(H,35,39). The van der Waals surface area contributed by atoms with Crippen molar-refractivity contribution in [2.24, 2.45) is 0 Å². The molecule has 3 aromatic rings. The molecule has 0 aromatic heterocycles. The van der Waals surface area contributed by atoms with Crippen LogP contribution < -0.4 is 9.62 Å². The molecule has 1 N–H and O–H groups in total. The van der Waals surface area contributed by atoms with Gasteiger partial charge in [0.1, 0.15) is 11.9 Å². The highest BCUT2D eigenvalue weighted by atomic mass is 32.2. The molecule has 9 heteroatoms. The number of nitrogens with one attached hydrogen (secondary N) is 1. The Morgan fingerprint density at radius 2 is 1.62 bits per heavy atom. The minimum atomic E-state index is -3.62. The van der Waals surface area contributed by atoms with Gasteiger partial charge in [-0.25, -0.2) is 12.8 Å². The first-order valence-electron chi connectivity index (χ1n) is 14.3. The van der Waals surface area contributed by atoms with Crippen molar-refractivity contribution < 1.29 is 22.4 Å². The van der Waals surface area contributed by atoms with Gasteiger partial charge in [-0.1, -0.05) is 67.6 Å². The molecular formula is C33H42FN3O4S. The first kappa shape index (κ1) is 32.8. The van der Waals surface area contributed by atoms with Crippen molar-refractivity contribution in [2.75, 3.05) is 17.1 Å². The van der Waals surface area contributed by atoms with E-state index in [1.807, 2.05) is 64.1 Å². The molecule has 0 radical (unpaired) electrons. The number of carbonyl (C=O) groups excluding carboxylic acids is 2. The molecule has 3 aromatic carbocycles. The van der Waals surface area contributed by atoms with E-state index in [0.29, 0.717) is 17.7 Å². The average Bonchev–Trinajstić information content (AvgIpc) is 2.95. The predicted octanol–water partition coefficient (Wildman–Crippen LogP) is 5.54. The van der Waals surface area contributed by atoms with Crippen LogP contribution in [-0.2, 0) is 32.6 Å². The summed E-state index contributed by atoms with van der Waals surface area (Å²) in [6.45, 7) is 7.64. The summed E-state index contributed by atoms with van der Waals surface area (Å²) in [6, 6.07) is 20.1. The van der Waals surface area contributed by atoms with E-state index in [1.165, 1.54) is 15.3 Å². The minimum absolute atomic E-state index is 0.0206. The summed E-state index contributed by atoms with van der Waals surface area (Å²) in [7, 11) is -3.62. The molecule has 0 aliphatic rings. The number of rotatable bonds is 14. The summed E-state index contributed by atoms with van der Waals surface area (Å²) in [6.07, 6.45) is 2.31. The van der Waals surface area contributed by atoms with E-state index in [1.54, 1.807) is 30.3 Å². The maximum atomic E-state index is 14.8. The van der Waals surface area contributed by atoms with E-state index < -0.39 is 21.9 Å². The Balaban J connectivity index is 1.92. The van der Waals surface area contributed by atoms with Gasteiger partial charge in [0, 0.05) is 37.5 Å². The maximum absolute atomic E-state index is 14.8. The van der Waals surface area contributed by atoms with Gasteiger partial charge in [0.25, 0.3) is 0 Å². The van der Waals surface area contributed by atoms with Crippen LogP contribution in [0.4, 0.5) is 10.1 Å². The van der Waals surface area contributed by atoms with E-state index in [-0.39, 0.29) is 50.2 Å². The lowest BCUT2D eigenvalue weighted by atomic mass is 10.0. The fourth-order valence-corrected chi connectivity index (χ4v) is 5.81. The van der Waals surface area contributed by atoms with Crippen molar-refractivity contribution in [3.63, 3.8) is 0 Å².